The predicted octanol–water partition coefficient (Wildman–Crippen LogP) is 2.34. The monoisotopic (exact) mass is 256 g/mol. The van der Waals surface area contributed by atoms with Gasteiger partial charge in [0.05, 0.1) is 5.56 Å². The number of hydrogen-bond acceptors (Lipinski definition) is 2. The Labute approximate surface area is 100 Å². The van der Waals surface area contributed by atoms with Crippen LogP contribution in [0.25, 0.3) is 0 Å². The molecule has 0 amide bonds. The zero-order valence-corrected chi connectivity index (χ0v) is 8.91. The van der Waals surface area contributed by atoms with Crippen LogP contribution >= 0.6 is 0 Å². The number of carboxylic acid groups (broad SMARTS) is 1. The van der Waals surface area contributed by atoms with Crippen molar-refractivity contribution in [1.29, 1.82) is 0 Å². The molecule has 0 aliphatic carbocycles. The fraction of sp³-hybridized carbons (Fsp3) is 0.167. The predicted molar refractivity (Wildman–Crippen MR) is 56.0 cm³/mol. The normalized spacial score (nSPS) is 10.4. The Morgan fingerprint density at radius 2 is 2.06 bits per heavy atom. The average Bonchev–Trinajstić information content (AvgIpc) is 2.27. The molecule has 18 heavy (non-hydrogen) atoms. The minimum Gasteiger partial charge on any atom is -0.481 e. The van der Waals surface area contributed by atoms with E-state index in [1.54, 1.807) is 0 Å². The smallest absolute Gasteiger partial charge is 0.417 e. The van der Waals surface area contributed by atoms with Crippen LogP contribution in [0, 0.1) is 11.8 Å². The summed E-state index contributed by atoms with van der Waals surface area (Å²) < 4.78 is 37.7. The number of carboxylic acids is 1. The number of alkyl halides is 3. The summed E-state index contributed by atoms with van der Waals surface area (Å²) in [4.78, 5) is 20.7. The topological polar surface area (TPSA) is 54.4 Å². The van der Waals surface area contributed by atoms with E-state index in [-0.39, 0.29) is 11.8 Å². The van der Waals surface area contributed by atoms with Crippen molar-refractivity contribution in [3.63, 3.8) is 0 Å². The van der Waals surface area contributed by atoms with Crippen LogP contribution in [-0.4, -0.2) is 17.4 Å². The Morgan fingerprint density at radius 3 is 2.56 bits per heavy atom. The van der Waals surface area contributed by atoms with Crippen LogP contribution in [0.2, 0.25) is 0 Å². The van der Waals surface area contributed by atoms with Gasteiger partial charge in [0, 0.05) is 11.1 Å². The van der Waals surface area contributed by atoms with Crippen LogP contribution in [0.5, 0.6) is 0 Å². The molecule has 6 heteroatoms. The highest BCUT2D eigenvalue weighted by Gasteiger charge is 2.33. The summed E-state index contributed by atoms with van der Waals surface area (Å²) >= 11 is 0. The third kappa shape index (κ3) is 3.63. The molecule has 1 rings (SSSR count). The molecule has 1 N–H and O–H groups in total. The van der Waals surface area contributed by atoms with E-state index in [1.807, 2.05) is 0 Å². The molecule has 0 fully saturated rings. The average molecular weight is 256 g/mol. The van der Waals surface area contributed by atoms with Gasteiger partial charge in [-0.15, -0.1) is 0 Å². The van der Waals surface area contributed by atoms with Crippen LogP contribution in [-0.2, 0) is 11.0 Å². The van der Waals surface area contributed by atoms with Gasteiger partial charge >= 0.3 is 12.1 Å². The number of hydrogen-bond donors (Lipinski definition) is 1. The molecule has 0 saturated heterocycles. The molecule has 0 spiro atoms. The van der Waals surface area contributed by atoms with Crippen molar-refractivity contribution >= 4 is 12.3 Å². The zero-order chi connectivity index (χ0) is 13.8. The molecule has 0 aromatic heterocycles. The van der Waals surface area contributed by atoms with Gasteiger partial charge in [0.1, 0.15) is 6.42 Å². The molecular formula is C12H7F3O3. The second-order valence-electron chi connectivity index (χ2n) is 3.29. The van der Waals surface area contributed by atoms with E-state index in [9.17, 15) is 22.8 Å². The molecular weight excluding hydrogens is 249 g/mol. The fourth-order valence-electron chi connectivity index (χ4n) is 1.20. The number of carbonyl (C=O) groups excluding carboxylic acids is 1. The van der Waals surface area contributed by atoms with Gasteiger partial charge in [0.15, 0.2) is 6.29 Å². The Balaban J connectivity index is 3.14. The Kier molecular flexibility index (Phi) is 4.10. The number of rotatable bonds is 2. The summed E-state index contributed by atoms with van der Waals surface area (Å²) in [5.74, 6) is 3.34. The van der Waals surface area contributed by atoms with Crippen LogP contribution in [0.1, 0.15) is 27.9 Å². The molecule has 0 heterocycles. The number of halogens is 3. The molecule has 1 aromatic rings. The van der Waals surface area contributed by atoms with Crippen molar-refractivity contribution in [1.82, 2.24) is 0 Å². The van der Waals surface area contributed by atoms with E-state index in [4.69, 9.17) is 5.11 Å². The van der Waals surface area contributed by atoms with E-state index in [0.717, 1.165) is 12.1 Å². The lowest BCUT2D eigenvalue weighted by Gasteiger charge is -2.09. The first-order valence-electron chi connectivity index (χ1n) is 4.71. The second kappa shape index (κ2) is 5.36. The Morgan fingerprint density at radius 1 is 1.39 bits per heavy atom. The highest BCUT2D eigenvalue weighted by Crippen LogP contribution is 2.31. The summed E-state index contributed by atoms with van der Waals surface area (Å²) in [6.45, 7) is 0. The second-order valence-corrected chi connectivity index (χ2v) is 3.29. The Bertz CT molecular complexity index is 536. The third-order valence-corrected chi connectivity index (χ3v) is 1.96. The lowest BCUT2D eigenvalue weighted by molar-refractivity contribution is -0.138. The molecule has 0 aliphatic heterocycles. The molecule has 3 nitrogen and oxygen atoms in total. The largest absolute Gasteiger partial charge is 0.481 e. The third-order valence-electron chi connectivity index (χ3n) is 1.96. The minimum absolute atomic E-state index is 0.00850. The van der Waals surface area contributed by atoms with Crippen molar-refractivity contribution in [3.8, 4) is 11.8 Å². The maximum absolute atomic E-state index is 12.6. The summed E-state index contributed by atoms with van der Waals surface area (Å²) in [7, 11) is 0. The highest BCUT2D eigenvalue weighted by molar-refractivity contribution is 5.78. The molecule has 1 aromatic carbocycles. The van der Waals surface area contributed by atoms with Crippen molar-refractivity contribution in [2.24, 2.45) is 0 Å². The van der Waals surface area contributed by atoms with Gasteiger partial charge in [-0.05, 0) is 18.2 Å². The molecule has 0 atom stereocenters. The van der Waals surface area contributed by atoms with E-state index in [0.29, 0.717) is 0 Å². The number of aliphatic carboxylic acids is 1. The molecule has 0 radical (unpaired) electrons. The highest BCUT2D eigenvalue weighted by atomic mass is 19.4. The molecule has 0 saturated carbocycles. The van der Waals surface area contributed by atoms with Crippen molar-refractivity contribution in [3.05, 3.63) is 34.9 Å². The lowest BCUT2D eigenvalue weighted by atomic mass is 10.0. The quantitative estimate of drug-likeness (QED) is 0.652. The first-order chi connectivity index (χ1) is 8.34. The van der Waals surface area contributed by atoms with Crippen LogP contribution < -0.4 is 0 Å². The van der Waals surface area contributed by atoms with Crippen molar-refractivity contribution in [2.45, 2.75) is 12.6 Å². The zero-order valence-electron chi connectivity index (χ0n) is 8.91. The maximum atomic E-state index is 12.6. The number of benzene rings is 1. The van der Waals surface area contributed by atoms with E-state index in [2.05, 4.69) is 11.8 Å². The summed E-state index contributed by atoms with van der Waals surface area (Å²) in [6, 6.07) is 2.95. The van der Waals surface area contributed by atoms with Crippen LogP contribution in [0.4, 0.5) is 13.2 Å². The van der Waals surface area contributed by atoms with Gasteiger partial charge in [0.25, 0.3) is 0 Å². The minimum atomic E-state index is -4.65. The first-order valence-corrected chi connectivity index (χ1v) is 4.71. The molecule has 94 valence electrons. The van der Waals surface area contributed by atoms with E-state index < -0.39 is 29.7 Å². The van der Waals surface area contributed by atoms with Gasteiger partial charge in [-0.25, -0.2) is 0 Å². The standard InChI is InChI=1S/C12H7F3O3/c13-12(14,15)10-6-8(2-1-3-11(17)18)4-5-9(10)7-16/h4-7H,3H2,(H,17,18). The van der Waals surface area contributed by atoms with Gasteiger partial charge in [-0.3, -0.25) is 9.59 Å². The van der Waals surface area contributed by atoms with Gasteiger partial charge in [-0.2, -0.15) is 13.2 Å². The summed E-state index contributed by atoms with van der Waals surface area (Å²) in [5.41, 5.74) is -1.56. The van der Waals surface area contributed by atoms with E-state index in [1.165, 1.54) is 6.07 Å². The van der Waals surface area contributed by atoms with Crippen molar-refractivity contribution in [2.75, 3.05) is 0 Å². The SMILES string of the molecule is O=Cc1ccc(C#CCC(=O)O)cc1C(F)(F)F. The van der Waals surface area contributed by atoms with Crippen molar-refractivity contribution < 1.29 is 27.9 Å². The fourth-order valence-corrected chi connectivity index (χ4v) is 1.20. The summed E-state index contributed by atoms with van der Waals surface area (Å²) in [5, 5.41) is 8.33. The lowest BCUT2D eigenvalue weighted by Crippen LogP contribution is -2.09. The number of aldehydes is 1. The number of carbonyl (C=O) groups is 2. The van der Waals surface area contributed by atoms with Gasteiger partial charge in [-0.1, -0.05) is 11.8 Å². The first kappa shape index (κ1) is 13.8. The van der Waals surface area contributed by atoms with E-state index >= 15 is 0 Å². The van der Waals surface area contributed by atoms with Crippen LogP contribution in [0.3, 0.4) is 0 Å². The molecule has 0 aliphatic rings. The van der Waals surface area contributed by atoms with Crippen LogP contribution in [0.15, 0.2) is 18.2 Å². The van der Waals surface area contributed by atoms with Gasteiger partial charge in [0.2, 0.25) is 0 Å². The van der Waals surface area contributed by atoms with Gasteiger partial charge < -0.3 is 5.11 Å². The maximum Gasteiger partial charge on any atom is 0.417 e. The molecule has 0 bridgehead atoms. The Hall–Kier alpha value is -2.29. The molecule has 0 unspecified atom stereocenters. The summed E-state index contributed by atoms with van der Waals surface area (Å²) in [6.07, 6.45) is -5.01.